The van der Waals surface area contributed by atoms with Crippen molar-refractivity contribution < 1.29 is 14.7 Å². The summed E-state index contributed by atoms with van der Waals surface area (Å²) in [5, 5.41) is 15.3. The number of nitrogens with one attached hydrogen (secondary N) is 2. The Morgan fingerprint density at radius 3 is 2.90 bits per heavy atom. The molecule has 0 radical (unpaired) electrons. The van der Waals surface area contributed by atoms with E-state index in [1.54, 1.807) is 0 Å². The summed E-state index contributed by atoms with van der Waals surface area (Å²) >= 11 is 0. The zero-order chi connectivity index (χ0) is 14.8. The second kappa shape index (κ2) is 5.76. The molecule has 5 nitrogen and oxygen atoms in total. The molecule has 1 aromatic carbocycles. The predicted octanol–water partition coefficient (Wildman–Crippen LogP) is 2.03. The number of carbonyl (C=O) groups is 2. The number of carboxylic acid groups (broad SMARTS) is 1. The quantitative estimate of drug-likeness (QED) is 0.795. The Kier molecular flexibility index (Phi) is 3.82. The highest BCUT2D eigenvalue weighted by atomic mass is 16.4. The molecule has 1 aliphatic carbocycles. The molecule has 5 heteroatoms. The second-order valence-corrected chi connectivity index (χ2v) is 5.88. The molecule has 0 bridgehead atoms. The van der Waals surface area contributed by atoms with E-state index in [0.29, 0.717) is 12.8 Å². The van der Waals surface area contributed by atoms with Crippen LogP contribution in [0.5, 0.6) is 0 Å². The largest absolute Gasteiger partial charge is 0.481 e. The Balaban J connectivity index is 1.70. The fourth-order valence-corrected chi connectivity index (χ4v) is 3.32. The molecule has 3 N–H and O–H groups in total. The van der Waals surface area contributed by atoms with Gasteiger partial charge in [-0.2, -0.15) is 0 Å². The van der Waals surface area contributed by atoms with Crippen molar-refractivity contribution in [3.63, 3.8) is 0 Å². The van der Waals surface area contributed by atoms with Crippen molar-refractivity contribution in [3.8, 4) is 0 Å². The Hall–Kier alpha value is -2.04. The molecule has 21 heavy (non-hydrogen) atoms. The fourth-order valence-electron chi connectivity index (χ4n) is 3.32. The highest BCUT2D eigenvalue weighted by Gasteiger charge is 2.31. The maximum Gasteiger partial charge on any atom is 0.306 e. The zero-order valence-corrected chi connectivity index (χ0v) is 11.9. The second-order valence-electron chi connectivity index (χ2n) is 5.88. The van der Waals surface area contributed by atoms with Gasteiger partial charge in [-0.25, -0.2) is 0 Å². The van der Waals surface area contributed by atoms with E-state index in [9.17, 15) is 9.59 Å². The van der Waals surface area contributed by atoms with E-state index in [1.165, 1.54) is 0 Å². The first-order chi connectivity index (χ1) is 10.1. The van der Waals surface area contributed by atoms with Crippen LogP contribution >= 0.6 is 0 Å². The van der Waals surface area contributed by atoms with Crippen LogP contribution in [0.25, 0.3) is 0 Å². The van der Waals surface area contributed by atoms with Crippen LogP contribution < -0.4 is 10.6 Å². The summed E-state index contributed by atoms with van der Waals surface area (Å²) in [4.78, 5) is 23.4. The molecule has 0 saturated heterocycles. The van der Waals surface area contributed by atoms with Crippen molar-refractivity contribution in [1.29, 1.82) is 0 Å². The number of carboxylic acids is 1. The Labute approximate surface area is 123 Å². The van der Waals surface area contributed by atoms with E-state index >= 15 is 0 Å². The van der Waals surface area contributed by atoms with E-state index in [0.717, 1.165) is 42.6 Å². The van der Waals surface area contributed by atoms with Crippen LogP contribution in [-0.2, 0) is 11.2 Å². The highest BCUT2D eigenvalue weighted by molar-refractivity contribution is 5.97. The number of rotatable bonds is 3. The Bertz CT molecular complexity index is 571. The predicted molar refractivity (Wildman–Crippen MR) is 79.5 cm³/mol. The zero-order valence-electron chi connectivity index (χ0n) is 11.9. The van der Waals surface area contributed by atoms with E-state index < -0.39 is 5.97 Å². The van der Waals surface area contributed by atoms with Crippen LogP contribution in [-0.4, -0.2) is 29.6 Å². The third-order valence-corrected chi connectivity index (χ3v) is 4.46. The highest BCUT2D eigenvalue weighted by Crippen LogP contribution is 2.28. The Morgan fingerprint density at radius 1 is 1.29 bits per heavy atom. The molecule has 1 amide bonds. The molecule has 0 aromatic heterocycles. The van der Waals surface area contributed by atoms with Gasteiger partial charge in [-0.1, -0.05) is 6.07 Å². The van der Waals surface area contributed by atoms with Crippen molar-refractivity contribution >= 4 is 17.6 Å². The average Bonchev–Trinajstić information content (AvgIpc) is 2.95. The summed E-state index contributed by atoms with van der Waals surface area (Å²) in [5.74, 6) is -1.15. The summed E-state index contributed by atoms with van der Waals surface area (Å²) < 4.78 is 0. The number of hydrogen-bond donors (Lipinski definition) is 3. The molecule has 1 aliphatic heterocycles. The van der Waals surface area contributed by atoms with Gasteiger partial charge in [0.25, 0.3) is 5.91 Å². The molecule has 1 aromatic rings. The summed E-state index contributed by atoms with van der Waals surface area (Å²) in [7, 11) is 0. The molecular formula is C16H20N2O3. The minimum atomic E-state index is -0.756. The number of benzene rings is 1. The van der Waals surface area contributed by atoms with Gasteiger partial charge in [-0.05, 0) is 49.8 Å². The van der Waals surface area contributed by atoms with Crippen LogP contribution in [0.3, 0.4) is 0 Å². The van der Waals surface area contributed by atoms with Gasteiger partial charge >= 0.3 is 5.97 Å². The maximum absolute atomic E-state index is 12.5. The molecule has 1 heterocycles. The maximum atomic E-state index is 12.5. The summed E-state index contributed by atoms with van der Waals surface area (Å²) in [6.07, 6.45) is 3.87. The van der Waals surface area contributed by atoms with Crippen molar-refractivity contribution in [2.24, 2.45) is 5.92 Å². The number of carbonyl (C=O) groups excluding carboxylic acids is 1. The topological polar surface area (TPSA) is 78.4 Å². The summed E-state index contributed by atoms with van der Waals surface area (Å²) in [5.41, 5.74) is 2.84. The van der Waals surface area contributed by atoms with Gasteiger partial charge in [0.1, 0.15) is 0 Å². The standard InChI is InChI=1S/C16H20N2O3/c19-15(18-11-7-6-10(9-11)16(20)21)13-3-1-5-14-12(13)4-2-8-17-14/h1,3,5,10-11,17H,2,4,6-9H2,(H,18,19)(H,20,21). The van der Waals surface area contributed by atoms with Gasteiger partial charge in [0.05, 0.1) is 5.92 Å². The average molecular weight is 288 g/mol. The number of anilines is 1. The molecule has 1 fully saturated rings. The van der Waals surface area contributed by atoms with Gasteiger partial charge < -0.3 is 15.7 Å². The minimum absolute atomic E-state index is 0.0222. The van der Waals surface area contributed by atoms with Crippen molar-refractivity contribution in [1.82, 2.24) is 5.32 Å². The smallest absolute Gasteiger partial charge is 0.306 e. The lowest BCUT2D eigenvalue weighted by Gasteiger charge is -2.21. The van der Waals surface area contributed by atoms with Gasteiger partial charge in [0.2, 0.25) is 0 Å². The molecule has 3 rings (SSSR count). The molecule has 2 atom stereocenters. The van der Waals surface area contributed by atoms with Gasteiger partial charge in [-0.15, -0.1) is 0 Å². The van der Waals surface area contributed by atoms with E-state index in [4.69, 9.17) is 5.11 Å². The van der Waals surface area contributed by atoms with Crippen molar-refractivity contribution in [3.05, 3.63) is 29.3 Å². The lowest BCUT2D eigenvalue weighted by Crippen LogP contribution is -2.34. The SMILES string of the molecule is O=C(NC1CCC(C(=O)O)C1)c1cccc2c1CCCN2. The van der Waals surface area contributed by atoms with Crippen LogP contribution in [0.1, 0.15) is 41.6 Å². The first-order valence-corrected chi connectivity index (χ1v) is 7.54. The third kappa shape index (κ3) is 2.86. The third-order valence-electron chi connectivity index (χ3n) is 4.46. The van der Waals surface area contributed by atoms with Crippen LogP contribution in [0.2, 0.25) is 0 Å². The first kappa shape index (κ1) is 13.9. The normalized spacial score (nSPS) is 24.0. The monoisotopic (exact) mass is 288 g/mol. The first-order valence-electron chi connectivity index (χ1n) is 7.54. The lowest BCUT2D eigenvalue weighted by molar-refractivity contribution is -0.141. The minimum Gasteiger partial charge on any atom is -0.481 e. The van der Waals surface area contributed by atoms with Crippen molar-refractivity contribution in [2.45, 2.75) is 38.1 Å². The Morgan fingerprint density at radius 2 is 2.14 bits per heavy atom. The van der Waals surface area contributed by atoms with Crippen molar-refractivity contribution in [2.75, 3.05) is 11.9 Å². The number of aliphatic carboxylic acids is 1. The molecule has 0 spiro atoms. The molecule has 2 aliphatic rings. The van der Waals surface area contributed by atoms with Crippen LogP contribution in [0.15, 0.2) is 18.2 Å². The number of amides is 1. The molecule has 112 valence electrons. The van der Waals surface area contributed by atoms with Gasteiger partial charge in [0.15, 0.2) is 0 Å². The number of hydrogen-bond acceptors (Lipinski definition) is 3. The van der Waals surface area contributed by atoms with E-state index in [2.05, 4.69) is 10.6 Å². The summed E-state index contributed by atoms with van der Waals surface area (Å²) in [6.45, 7) is 0.945. The number of fused-ring (bicyclic) bond motifs is 1. The van der Waals surface area contributed by atoms with Gasteiger partial charge in [-0.3, -0.25) is 9.59 Å². The lowest BCUT2D eigenvalue weighted by atomic mass is 9.97. The molecule has 2 unspecified atom stereocenters. The van der Waals surface area contributed by atoms with Crippen LogP contribution in [0, 0.1) is 5.92 Å². The molecule has 1 saturated carbocycles. The van der Waals surface area contributed by atoms with E-state index in [1.807, 2.05) is 18.2 Å². The van der Waals surface area contributed by atoms with Gasteiger partial charge in [0, 0.05) is 23.8 Å². The van der Waals surface area contributed by atoms with Crippen LogP contribution in [0.4, 0.5) is 5.69 Å². The molecular weight excluding hydrogens is 268 g/mol. The fraction of sp³-hybridized carbons (Fsp3) is 0.500. The van der Waals surface area contributed by atoms with E-state index in [-0.39, 0.29) is 17.9 Å². The summed E-state index contributed by atoms with van der Waals surface area (Å²) in [6, 6.07) is 5.72.